The Balaban J connectivity index is 1.34. The molecular weight excluding hydrogens is 345 g/mol. The van der Waals surface area contributed by atoms with Crippen molar-refractivity contribution < 1.29 is 13.9 Å². The summed E-state index contributed by atoms with van der Waals surface area (Å²) in [5.41, 5.74) is 1.76. The number of halogens is 1. The van der Waals surface area contributed by atoms with Gasteiger partial charge in [-0.3, -0.25) is 9.88 Å². The maximum absolute atomic E-state index is 13.3. The summed E-state index contributed by atoms with van der Waals surface area (Å²) in [4.78, 5) is 6.61. The Kier molecular flexibility index (Phi) is 5.66. The van der Waals surface area contributed by atoms with Crippen molar-refractivity contribution in [3.63, 3.8) is 0 Å². The summed E-state index contributed by atoms with van der Waals surface area (Å²) in [6, 6.07) is 10.7. The molecule has 0 amide bonds. The molecule has 0 unspecified atom stereocenters. The lowest BCUT2D eigenvalue weighted by atomic mass is 9.94. The average Bonchev–Trinajstić information content (AvgIpc) is 2.96. The minimum atomic E-state index is -0.257. The molecule has 2 atom stereocenters. The highest BCUT2D eigenvalue weighted by atomic mass is 19.1. The van der Waals surface area contributed by atoms with Gasteiger partial charge in [0.05, 0.1) is 19.8 Å². The fraction of sp³-hybridized carbons (Fsp3) is 0.476. The number of nitrogens with zero attached hydrogens (tertiary/aromatic N) is 2. The van der Waals surface area contributed by atoms with Gasteiger partial charge in [-0.15, -0.1) is 0 Å². The van der Waals surface area contributed by atoms with Crippen molar-refractivity contribution in [2.75, 3.05) is 44.8 Å². The summed E-state index contributed by atoms with van der Waals surface area (Å²) in [5, 5.41) is 3.33. The van der Waals surface area contributed by atoms with Crippen molar-refractivity contribution in [1.29, 1.82) is 0 Å². The molecular formula is C21H26FN3O2. The first kappa shape index (κ1) is 18.3. The first-order chi connectivity index (χ1) is 13.2. The van der Waals surface area contributed by atoms with Gasteiger partial charge in [-0.1, -0.05) is 12.1 Å². The molecule has 1 N–H and O–H groups in total. The van der Waals surface area contributed by atoms with E-state index >= 15 is 0 Å². The zero-order valence-electron chi connectivity index (χ0n) is 15.4. The largest absolute Gasteiger partial charge is 0.385 e. The van der Waals surface area contributed by atoms with Crippen molar-refractivity contribution in [3.05, 3.63) is 60.2 Å². The van der Waals surface area contributed by atoms with Gasteiger partial charge >= 0.3 is 0 Å². The van der Waals surface area contributed by atoms with Crippen LogP contribution in [0.15, 0.2) is 48.8 Å². The first-order valence-electron chi connectivity index (χ1n) is 9.53. The van der Waals surface area contributed by atoms with E-state index in [9.17, 15) is 4.39 Å². The summed E-state index contributed by atoms with van der Waals surface area (Å²) in [7, 11) is 0. The van der Waals surface area contributed by atoms with Crippen LogP contribution < -0.4 is 5.32 Å². The van der Waals surface area contributed by atoms with Crippen LogP contribution in [0.3, 0.4) is 0 Å². The minimum absolute atomic E-state index is 0.220. The first-order valence-corrected chi connectivity index (χ1v) is 9.53. The van der Waals surface area contributed by atoms with E-state index in [1.165, 1.54) is 17.7 Å². The zero-order chi connectivity index (χ0) is 18.5. The second kappa shape index (κ2) is 8.33. The van der Waals surface area contributed by atoms with Gasteiger partial charge in [0.2, 0.25) is 0 Å². The highest BCUT2D eigenvalue weighted by Gasteiger charge is 2.43. The molecule has 0 saturated carbocycles. The van der Waals surface area contributed by atoms with Crippen LogP contribution in [0.1, 0.15) is 12.0 Å². The Bertz CT molecular complexity index is 745. The molecule has 0 aliphatic carbocycles. The van der Waals surface area contributed by atoms with Crippen LogP contribution in [-0.4, -0.2) is 54.9 Å². The van der Waals surface area contributed by atoms with E-state index < -0.39 is 0 Å². The summed E-state index contributed by atoms with van der Waals surface area (Å²) in [5.74, 6) is 0.164. The molecule has 2 fully saturated rings. The molecule has 27 heavy (non-hydrogen) atoms. The van der Waals surface area contributed by atoms with Crippen molar-refractivity contribution in [2.24, 2.45) is 5.92 Å². The number of hydrogen-bond acceptors (Lipinski definition) is 5. The number of hydrogen-bond donors (Lipinski definition) is 1. The van der Waals surface area contributed by atoms with E-state index in [1.54, 1.807) is 12.3 Å². The number of aromatic nitrogens is 1. The van der Waals surface area contributed by atoms with Gasteiger partial charge in [0, 0.05) is 50.2 Å². The third kappa shape index (κ3) is 4.83. The van der Waals surface area contributed by atoms with E-state index in [-0.39, 0.29) is 11.4 Å². The molecule has 1 aromatic heterocycles. The van der Waals surface area contributed by atoms with Crippen molar-refractivity contribution in [1.82, 2.24) is 9.88 Å². The lowest BCUT2D eigenvalue weighted by Gasteiger charge is -2.31. The van der Waals surface area contributed by atoms with Gasteiger partial charge in [0.15, 0.2) is 0 Å². The van der Waals surface area contributed by atoms with Crippen molar-refractivity contribution in [3.8, 4) is 0 Å². The minimum Gasteiger partial charge on any atom is -0.385 e. The van der Waals surface area contributed by atoms with Gasteiger partial charge in [-0.2, -0.15) is 0 Å². The Morgan fingerprint density at radius 2 is 2.26 bits per heavy atom. The molecule has 5 nitrogen and oxygen atoms in total. The fourth-order valence-corrected chi connectivity index (χ4v) is 4.01. The van der Waals surface area contributed by atoms with Crippen LogP contribution in [0, 0.1) is 11.7 Å². The summed E-state index contributed by atoms with van der Waals surface area (Å²) < 4.78 is 25.5. The Morgan fingerprint density at radius 3 is 3.11 bits per heavy atom. The summed E-state index contributed by atoms with van der Waals surface area (Å²) >= 11 is 0. The highest BCUT2D eigenvalue weighted by molar-refractivity contribution is 5.43. The van der Waals surface area contributed by atoms with Gasteiger partial charge in [0.1, 0.15) is 11.4 Å². The molecule has 3 heterocycles. The van der Waals surface area contributed by atoms with Crippen LogP contribution in [0.4, 0.5) is 10.1 Å². The van der Waals surface area contributed by atoms with Crippen LogP contribution in [0.25, 0.3) is 0 Å². The number of ether oxygens (including phenoxy) is 2. The number of rotatable bonds is 5. The van der Waals surface area contributed by atoms with E-state index in [0.29, 0.717) is 19.1 Å². The standard InChI is InChI=1S/C21H26FN3O2/c22-19-4-1-5-20(9-19)24-12-18-10-21(27-14-18)15-25(7-8-26-16-21)13-17-3-2-6-23-11-17/h1-6,9,11,18,24H,7-8,10,12-16H2/t18-,21+/m1/s1. The summed E-state index contributed by atoms with van der Waals surface area (Å²) in [6.45, 7) is 5.43. The lowest BCUT2D eigenvalue weighted by molar-refractivity contribution is -0.0562. The predicted molar refractivity (Wildman–Crippen MR) is 102 cm³/mol. The second-order valence-electron chi connectivity index (χ2n) is 7.58. The van der Waals surface area contributed by atoms with Crippen LogP contribution in [-0.2, 0) is 16.0 Å². The quantitative estimate of drug-likeness (QED) is 0.876. The maximum atomic E-state index is 13.3. The van der Waals surface area contributed by atoms with Crippen LogP contribution >= 0.6 is 0 Å². The number of benzene rings is 1. The van der Waals surface area contributed by atoms with Crippen molar-refractivity contribution >= 4 is 5.69 Å². The molecule has 1 spiro atoms. The van der Waals surface area contributed by atoms with Crippen molar-refractivity contribution in [2.45, 2.75) is 18.6 Å². The van der Waals surface area contributed by atoms with Gasteiger partial charge in [-0.05, 0) is 36.2 Å². The van der Waals surface area contributed by atoms with Gasteiger partial charge < -0.3 is 14.8 Å². The molecule has 6 heteroatoms. The molecule has 0 radical (unpaired) electrons. The number of pyridine rings is 1. The Labute approximate surface area is 159 Å². The fourth-order valence-electron chi connectivity index (χ4n) is 4.01. The van der Waals surface area contributed by atoms with E-state index in [2.05, 4.69) is 21.3 Å². The molecule has 2 aromatic rings. The van der Waals surface area contributed by atoms with Gasteiger partial charge in [0.25, 0.3) is 0 Å². The summed E-state index contributed by atoms with van der Waals surface area (Å²) in [6.07, 6.45) is 4.66. The van der Waals surface area contributed by atoms with E-state index in [1.807, 2.05) is 18.3 Å². The zero-order valence-corrected chi connectivity index (χ0v) is 15.4. The highest BCUT2D eigenvalue weighted by Crippen LogP contribution is 2.33. The monoisotopic (exact) mass is 371 g/mol. The predicted octanol–water partition coefficient (Wildman–Crippen LogP) is 2.94. The van der Waals surface area contributed by atoms with Gasteiger partial charge in [-0.25, -0.2) is 4.39 Å². The lowest BCUT2D eigenvalue weighted by Crippen LogP contribution is -2.43. The van der Waals surface area contributed by atoms with E-state index in [4.69, 9.17) is 9.47 Å². The normalized spacial score (nSPS) is 26.2. The molecule has 0 bridgehead atoms. The average molecular weight is 371 g/mol. The Morgan fingerprint density at radius 1 is 1.30 bits per heavy atom. The smallest absolute Gasteiger partial charge is 0.125 e. The third-order valence-electron chi connectivity index (χ3n) is 5.26. The Hall–Kier alpha value is -2.02. The molecule has 144 valence electrons. The van der Waals surface area contributed by atoms with E-state index in [0.717, 1.165) is 44.9 Å². The second-order valence-corrected chi connectivity index (χ2v) is 7.58. The number of nitrogens with one attached hydrogen (secondary N) is 1. The molecule has 2 aliphatic heterocycles. The molecule has 4 rings (SSSR count). The number of anilines is 1. The molecule has 2 saturated heterocycles. The third-order valence-corrected chi connectivity index (χ3v) is 5.26. The van der Waals surface area contributed by atoms with Crippen LogP contribution in [0.5, 0.6) is 0 Å². The molecule has 2 aliphatic rings. The topological polar surface area (TPSA) is 46.6 Å². The van der Waals surface area contributed by atoms with Crippen LogP contribution in [0.2, 0.25) is 0 Å². The maximum Gasteiger partial charge on any atom is 0.125 e. The molecule has 1 aromatic carbocycles. The SMILES string of the molecule is Fc1cccc(NC[C@@H]2CO[C@@]3(COCCN(Cc4cccnc4)C3)C2)c1.